The van der Waals surface area contributed by atoms with Crippen LogP contribution in [0.2, 0.25) is 0 Å². The van der Waals surface area contributed by atoms with Crippen molar-refractivity contribution in [2.75, 3.05) is 18.2 Å². The molecule has 1 aromatic carbocycles. The van der Waals surface area contributed by atoms with Crippen LogP contribution >= 0.6 is 0 Å². The van der Waals surface area contributed by atoms with Gasteiger partial charge in [0.2, 0.25) is 0 Å². The van der Waals surface area contributed by atoms with Gasteiger partial charge in [-0.05, 0) is 23.9 Å². The zero-order valence-electron chi connectivity index (χ0n) is 19.2. The van der Waals surface area contributed by atoms with E-state index in [2.05, 4.69) is 35.3 Å². The fourth-order valence-electron chi connectivity index (χ4n) is 3.95. The van der Waals surface area contributed by atoms with Gasteiger partial charge >= 0.3 is 6.01 Å². The molecular weight excluding hydrogens is 462 g/mol. The molecule has 0 fully saturated rings. The Bertz CT molecular complexity index is 1660. The molecule has 0 saturated carbocycles. The number of nitrogens with one attached hydrogen (secondary N) is 1. The first-order chi connectivity index (χ1) is 17.5. The summed E-state index contributed by atoms with van der Waals surface area (Å²) in [7, 11) is 1.48. The molecule has 178 valence electrons. The molecular formula is C24H19N9O3. The lowest BCUT2D eigenvalue weighted by atomic mass is 9.99. The number of hydrogen-bond acceptors (Lipinski definition) is 10. The first-order valence-electron chi connectivity index (χ1n) is 10.7. The molecule has 4 heterocycles. The largest absolute Gasteiger partial charge is 0.467 e. The van der Waals surface area contributed by atoms with Crippen LogP contribution in [0.3, 0.4) is 0 Å². The second-order valence-electron chi connectivity index (χ2n) is 7.73. The number of pyridine rings is 1. The normalized spacial score (nSPS) is 11.7. The van der Waals surface area contributed by atoms with Gasteiger partial charge in [-0.15, -0.1) is 0 Å². The second-order valence-corrected chi connectivity index (χ2v) is 7.73. The minimum atomic E-state index is -0.485. The zero-order valence-corrected chi connectivity index (χ0v) is 19.2. The maximum Gasteiger partial charge on any atom is 0.316 e. The number of anilines is 2. The lowest BCUT2D eigenvalue weighted by Crippen LogP contribution is -2.26. The fourth-order valence-corrected chi connectivity index (χ4v) is 3.95. The molecule has 4 aromatic heterocycles. The molecule has 0 unspecified atom stereocenters. The Morgan fingerprint density at radius 2 is 2.00 bits per heavy atom. The van der Waals surface area contributed by atoms with Gasteiger partial charge in [-0.1, -0.05) is 23.4 Å². The highest BCUT2D eigenvalue weighted by atomic mass is 16.5. The summed E-state index contributed by atoms with van der Waals surface area (Å²) in [5, 5.41) is 8.33. The van der Waals surface area contributed by atoms with Crippen molar-refractivity contribution in [1.29, 1.82) is 0 Å². The topological polar surface area (TPSA) is 151 Å². The quantitative estimate of drug-likeness (QED) is 0.345. The van der Waals surface area contributed by atoms with E-state index in [1.165, 1.54) is 24.3 Å². The average molecular weight is 481 g/mol. The number of rotatable bonds is 6. The Labute approximate surface area is 204 Å². The summed E-state index contributed by atoms with van der Waals surface area (Å²) in [4.78, 5) is 33.8. The van der Waals surface area contributed by atoms with Crippen molar-refractivity contribution in [3.8, 4) is 23.0 Å². The summed E-state index contributed by atoms with van der Waals surface area (Å²) in [5.41, 5.74) is 7.50. The van der Waals surface area contributed by atoms with Crippen LogP contribution in [0, 0.1) is 6.57 Å². The molecule has 5 aromatic rings. The monoisotopic (exact) mass is 481 g/mol. The van der Waals surface area contributed by atoms with Crippen LogP contribution in [-0.2, 0) is 0 Å². The van der Waals surface area contributed by atoms with Crippen LogP contribution in [0.4, 0.5) is 17.3 Å². The Kier molecular flexibility index (Phi) is 5.71. The van der Waals surface area contributed by atoms with Crippen LogP contribution in [-0.4, -0.2) is 36.8 Å². The predicted octanol–water partition coefficient (Wildman–Crippen LogP) is 3.54. The summed E-state index contributed by atoms with van der Waals surface area (Å²) in [6.45, 7) is 9.27. The smallest absolute Gasteiger partial charge is 0.316 e. The van der Waals surface area contributed by atoms with E-state index in [4.69, 9.17) is 21.6 Å². The minimum absolute atomic E-state index is 0.0634. The van der Waals surface area contributed by atoms with Gasteiger partial charge in [0.1, 0.15) is 24.2 Å². The Hall–Kier alpha value is -5.31. The summed E-state index contributed by atoms with van der Waals surface area (Å²) in [6.07, 6.45) is 5.86. The lowest BCUT2D eigenvalue weighted by molar-refractivity contribution is 0.380. The first kappa shape index (κ1) is 22.5. The molecule has 3 N–H and O–H groups in total. The number of fused-ring (bicyclic) bond motifs is 1. The van der Waals surface area contributed by atoms with Gasteiger partial charge in [0, 0.05) is 24.0 Å². The van der Waals surface area contributed by atoms with Crippen LogP contribution < -0.4 is 21.3 Å². The number of benzene rings is 1. The number of nitrogens with two attached hydrogens (primary N) is 1. The van der Waals surface area contributed by atoms with Gasteiger partial charge in [0.25, 0.3) is 11.2 Å². The molecule has 0 spiro atoms. The van der Waals surface area contributed by atoms with Gasteiger partial charge in [-0.2, -0.15) is 0 Å². The number of methoxy groups -OCH3 is 1. The van der Waals surface area contributed by atoms with Crippen molar-refractivity contribution < 1.29 is 9.26 Å². The van der Waals surface area contributed by atoms with Crippen molar-refractivity contribution in [3.63, 3.8) is 0 Å². The molecule has 0 aliphatic heterocycles. The third-order valence-corrected chi connectivity index (χ3v) is 5.61. The summed E-state index contributed by atoms with van der Waals surface area (Å²) in [5.74, 6) is 0.626. The van der Waals surface area contributed by atoms with E-state index in [1.807, 2.05) is 31.2 Å². The Balaban J connectivity index is 1.71. The van der Waals surface area contributed by atoms with Gasteiger partial charge < -0.3 is 20.3 Å². The van der Waals surface area contributed by atoms with Gasteiger partial charge in [0.05, 0.1) is 30.8 Å². The van der Waals surface area contributed by atoms with Crippen molar-refractivity contribution in [2.45, 2.75) is 13.0 Å². The number of ether oxygens (including phenoxy) is 1. The third-order valence-electron chi connectivity index (χ3n) is 5.61. The number of nitrogens with zero attached hydrogens (tertiary/aromatic N) is 7. The fraction of sp³-hybridized carbons (Fsp3) is 0.125. The standard InChI is InChI=1S/C24H19N9O3/c1-13(31-22-20(26-2)21(25)29-12-30-22)17-9-14-5-4-6-16(15-10-27-24(35-3)28-11-15)19(14)23(34)33(17)18-7-8-36-32-18/h4-13H,1,3H3,(H3,25,29,30,31)/t13-/m0/s1. The highest BCUT2D eigenvalue weighted by Gasteiger charge is 2.21. The van der Waals surface area contributed by atoms with Crippen molar-refractivity contribution >= 4 is 28.1 Å². The zero-order chi connectivity index (χ0) is 25.2. The van der Waals surface area contributed by atoms with Gasteiger partial charge in [-0.25, -0.2) is 24.8 Å². The summed E-state index contributed by atoms with van der Waals surface area (Å²) in [6, 6.07) is 8.74. The van der Waals surface area contributed by atoms with Crippen molar-refractivity contribution in [2.24, 2.45) is 0 Å². The van der Waals surface area contributed by atoms with E-state index in [1.54, 1.807) is 18.5 Å². The lowest BCUT2D eigenvalue weighted by Gasteiger charge is -2.21. The second kappa shape index (κ2) is 9.15. The summed E-state index contributed by atoms with van der Waals surface area (Å²) < 4.78 is 11.5. The minimum Gasteiger partial charge on any atom is -0.467 e. The van der Waals surface area contributed by atoms with Crippen LogP contribution in [0.25, 0.3) is 32.6 Å². The molecule has 5 rings (SSSR count). The third kappa shape index (κ3) is 3.84. The van der Waals surface area contributed by atoms with Crippen LogP contribution in [0.5, 0.6) is 6.01 Å². The highest BCUT2D eigenvalue weighted by Crippen LogP contribution is 2.32. The average Bonchev–Trinajstić information content (AvgIpc) is 3.43. The molecule has 0 saturated heterocycles. The number of hydrogen-bond donors (Lipinski definition) is 2. The molecule has 0 radical (unpaired) electrons. The SMILES string of the molecule is [C-]#[N+]c1c(N)ncnc1N[C@@H](C)c1cc2cccc(-c3cnc(OC)nc3)c2c(=O)n1-c1ccon1. The van der Waals surface area contributed by atoms with Crippen molar-refractivity contribution in [3.05, 3.63) is 82.8 Å². The number of aromatic nitrogens is 6. The van der Waals surface area contributed by atoms with Crippen LogP contribution in [0.15, 0.2) is 64.6 Å². The van der Waals surface area contributed by atoms with Crippen molar-refractivity contribution in [1.82, 2.24) is 29.7 Å². The Morgan fingerprint density at radius 3 is 2.69 bits per heavy atom. The maximum absolute atomic E-state index is 14.0. The van der Waals surface area contributed by atoms with E-state index in [9.17, 15) is 4.79 Å². The van der Waals surface area contributed by atoms with E-state index >= 15 is 0 Å². The molecule has 1 atom stereocenters. The predicted molar refractivity (Wildman–Crippen MR) is 132 cm³/mol. The first-order valence-corrected chi connectivity index (χ1v) is 10.7. The van der Waals surface area contributed by atoms with Gasteiger partial charge in [-0.3, -0.25) is 9.36 Å². The van der Waals surface area contributed by atoms with E-state index in [0.29, 0.717) is 33.4 Å². The molecule has 12 heteroatoms. The maximum atomic E-state index is 14.0. The van der Waals surface area contributed by atoms with E-state index < -0.39 is 6.04 Å². The molecule has 36 heavy (non-hydrogen) atoms. The number of nitrogen functional groups attached to an aromatic ring is 1. The molecule has 0 bridgehead atoms. The highest BCUT2D eigenvalue weighted by molar-refractivity contribution is 5.96. The van der Waals surface area contributed by atoms with E-state index in [-0.39, 0.29) is 28.9 Å². The van der Waals surface area contributed by atoms with E-state index in [0.717, 1.165) is 0 Å². The molecule has 12 nitrogen and oxygen atoms in total. The molecule has 0 aliphatic rings. The van der Waals surface area contributed by atoms with Crippen LogP contribution in [0.1, 0.15) is 18.7 Å². The summed E-state index contributed by atoms with van der Waals surface area (Å²) >= 11 is 0. The molecule has 0 aliphatic carbocycles. The van der Waals surface area contributed by atoms with Gasteiger partial charge in [0.15, 0.2) is 5.82 Å². The molecule has 0 amide bonds. The Morgan fingerprint density at radius 1 is 1.19 bits per heavy atom.